The van der Waals surface area contributed by atoms with E-state index in [0.29, 0.717) is 12.3 Å². The third kappa shape index (κ3) is 11.9. The molecule has 0 aliphatic carbocycles. The lowest BCUT2D eigenvalue weighted by Crippen LogP contribution is -2.68. The molecule has 0 saturated carbocycles. The smallest absolute Gasteiger partial charge is 0.196 e. The summed E-state index contributed by atoms with van der Waals surface area (Å²) >= 11 is 0. The van der Waals surface area contributed by atoms with E-state index in [4.69, 9.17) is 27.5 Å². The number of methoxy groups -OCH3 is 1. The number of aliphatic hydroxyl groups is 1. The third-order valence-electron chi connectivity index (χ3n) is 15.8. The van der Waals surface area contributed by atoms with E-state index in [9.17, 15) is 5.11 Å². The first kappa shape index (κ1) is 52.2. The van der Waals surface area contributed by atoms with Crippen molar-refractivity contribution in [2.45, 2.75) is 234 Å². The quantitative estimate of drug-likeness (QED) is 0.0725. The van der Waals surface area contributed by atoms with Crippen LogP contribution in [0.5, 0.6) is 0 Å². The summed E-state index contributed by atoms with van der Waals surface area (Å²) in [6.07, 6.45) is 4.16. The van der Waals surface area contributed by atoms with Crippen LogP contribution >= 0.6 is 0 Å². The maximum atomic E-state index is 10.6. The fourth-order valence-electron chi connectivity index (χ4n) is 10.7. The van der Waals surface area contributed by atoms with Crippen molar-refractivity contribution < 1.29 is 32.6 Å². The van der Waals surface area contributed by atoms with Gasteiger partial charge in [-0.2, -0.15) is 0 Å². The van der Waals surface area contributed by atoms with Gasteiger partial charge in [0, 0.05) is 43.8 Å². The van der Waals surface area contributed by atoms with Gasteiger partial charge in [0.25, 0.3) is 0 Å². The monoisotopic (exact) mass is 843 g/mol. The molecule has 2 aliphatic heterocycles. The minimum atomic E-state index is -2.07. The molecular weight excluding hydrogens is 749 g/mol. The van der Waals surface area contributed by atoms with Crippen molar-refractivity contribution in [2.24, 2.45) is 35.5 Å². The van der Waals surface area contributed by atoms with Gasteiger partial charge in [-0.3, -0.25) is 0 Å². The van der Waals surface area contributed by atoms with E-state index < -0.39 is 30.7 Å². The van der Waals surface area contributed by atoms with Gasteiger partial charge in [0.2, 0.25) is 0 Å². The van der Waals surface area contributed by atoms with Crippen LogP contribution in [0.2, 0.25) is 54.4 Å². The number of rotatable bonds is 25. The Morgan fingerprint density at radius 2 is 1.14 bits per heavy atom. The van der Waals surface area contributed by atoms with Gasteiger partial charge >= 0.3 is 0 Å². The van der Waals surface area contributed by atoms with E-state index in [-0.39, 0.29) is 72.8 Å². The van der Waals surface area contributed by atoms with Crippen LogP contribution in [0.1, 0.15) is 137 Å². The molecule has 13 atom stereocenters. The van der Waals surface area contributed by atoms with E-state index in [0.717, 1.165) is 67.2 Å². The summed E-state index contributed by atoms with van der Waals surface area (Å²) in [5.41, 5.74) is 1.41. The van der Waals surface area contributed by atoms with Gasteiger partial charge in [-0.25, -0.2) is 0 Å². The second-order valence-electron chi connectivity index (χ2n) is 18.7. The highest BCUT2D eigenvalue weighted by Gasteiger charge is 2.60. The molecule has 2 aliphatic rings. The second-order valence-corrected chi connectivity index (χ2v) is 32.9. The molecule has 0 amide bonds. The fraction of sp³-hybridized carbons (Fsp3) is 0.957. The lowest BCUT2D eigenvalue weighted by atomic mass is 9.74. The average molecular weight is 844 g/mol. The molecule has 0 aromatic heterocycles. The molecule has 332 valence electrons. The van der Waals surface area contributed by atoms with Crippen LogP contribution in [0.4, 0.5) is 0 Å². The summed E-state index contributed by atoms with van der Waals surface area (Å²) in [6, 6.07) is 9.79. The van der Waals surface area contributed by atoms with Gasteiger partial charge in [0.15, 0.2) is 30.7 Å². The molecule has 2 fully saturated rings. The number of hydrogen-bond acceptors (Lipinski definition) is 7. The topological polar surface area (TPSA) is 75.6 Å². The normalized spacial score (nSPS) is 30.2. The zero-order valence-corrected chi connectivity index (χ0v) is 43.1. The Hall–Kier alpha value is 0.111. The summed E-state index contributed by atoms with van der Waals surface area (Å²) < 4.78 is 44.5. The fourth-order valence-corrected chi connectivity index (χ4v) is 19.6. The highest BCUT2D eigenvalue weighted by molar-refractivity contribution is 6.74. The van der Waals surface area contributed by atoms with E-state index >= 15 is 0 Å². The Bertz CT molecular complexity index is 1120. The maximum Gasteiger partial charge on any atom is 0.196 e. The van der Waals surface area contributed by atoms with Crippen LogP contribution in [0.15, 0.2) is 11.6 Å². The predicted molar refractivity (Wildman–Crippen MR) is 245 cm³/mol. The van der Waals surface area contributed by atoms with Gasteiger partial charge in [0.1, 0.15) is 0 Å². The van der Waals surface area contributed by atoms with Crippen LogP contribution in [0.3, 0.4) is 0 Å². The Kier molecular flexibility index (Phi) is 21.8. The van der Waals surface area contributed by atoms with Crippen LogP contribution in [0.25, 0.3) is 0 Å². The minimum Gasteiger partial charge on any atom is -0.413 e. The van der Waals surface area contributed by atoms with Gasteiger partial charge in [-0.15, -0.1) is 0 Å². The Labute approximate surface area is 350 Å². The molecule has 0 radical (unpaired) electrons. The molecule has 56 heavy (non-hydrogen) atoms. The van der Waals surface area contributed by atoms with Gasteiger partial charge in [0.05, 0.1) is 36.6 Å². The SMILES string of the molecule is C/C=C(\C)C[C@H](C)[C@H](O[Si](CC)(CC)CC)[C@@H](C)[C@H]1O[C@@]2(C[C@@H](OC)[C@H]1C)O[C@H]([C@@H](C)[C@@H](O[Si](CC)(CC)CC)[C@@H](C)CO)[C@@H](C)C[C@@H]2O[Si](CC)(CC)CC. The van der Waals surface area contributed by atoms with Crippen molar-refractivity contribution in [3.05, 3.63) is 11.6 Å². The Balaban J connectivity index is 2.83. The van der Waals surface area contributed by atoms with E-state index in [1.165, 1.54) is 5.57 Å². The summed E-state index contributed by atoms with van der Waals surface area (Å²) in [5.74, 6) is -0.121. The third-order valence-corrected chi connectivity index (χ3v) is 29.7. The summed E-state index contributed by atoms with van der Waals surface area (Å²) in [7, 11) is -4.15. The second kappa shape index (κ2) is 23.4. The summed E-state index contributed by atoms with van der Waals surface area (Å²) in [5, 5.41) is 10.6. The molecule has 2 heterocycles. The minimum absolute atomic E-state index is 0.00507. The van der Waals surface area contributed by atoms with Crippen LogP contribution in [-0.4, -0.2) is 86.2 Å². The highest BCUT2D eigenvalue weighted by atomic mass is 28.4. The van der Waals surface area contributed by atoms with Gasteiger partial charge in [-0.05, 0) is 92.9 Å². The largest absolute Gasteiger partial charge is 0.413 e. The standard InChI is InChI=1S/C46H94O7Si3/c1-19-33(11)29-34(12)43(52-55(23-5,24-6)25-7)39(17)45-37(15)40(48-18)31-46(50-45)41(51-54(20-2,21-3)22-4)30-35(13)42(49-46)38(16)44(36(14)32-47)53-56(26-8,27-9)28-10/h19,34-45,47H,20-32H2,1-18H3/b33-19+/t34-,35-,36-,37+,38+,39+,40+,41-,42-,43-,44-,45-,46+/m0/s1. The van der Waals surface area contributed by atoms with Gasteiger partial charge < -0.3 is 32.6 Å². The number of ether oxygens (including phenoxy) is 3. The van der Waals surface area contributed by atoms with Crippen molar-refractivity contribution in [3.63, 3.8) is 0 Å². The molecule has 0 unspecified atom stereocenters. The number of hydrogen-bond donors (Lipinski definition) is 1. The van der Waals surface area contributed by atoms with Crippen molar-refractivity contribution in [1.82, 2.24) is 0 Å². The highest BCUT2D eigenvalue weighted by Crippen LogP contribution is 2.51. The van der Waals surface area contributed by atoms with Crippen LogP contribution in [0, 0.1) is 35.5 Å². The van der Waals surface area contributed by atoms with Crippen molar-refractivity contribution in [2.75, 3.05) is 13.7 Å². The molecule has 10 heteroatoms. The zero-order chi connectivity index (χ0) is 42.6. The molecule has 7 nitrogen and oxygen atoms in total. The summed E-state index contributed by atoms with van der Waals surface area (Å²) in [6.45, 7) is 39.3. The molecule has 1 N–H and O–H groups in total. The molecule has 2 rings (SSSR count). The Morgan fingerprint density at radius 1 is 0.714 bits per heavy atom. The molecule has 0 bridgehead atoms. The molecular formula is C46H94O7Si3. The first-order valence-corrected chi connectivity index (χ1v) is 31.2. The summed E-state index contributed by atoms with van der Waals surface area (Å²) in [4.78, 5) is 0. The van der Waals surface area contributed by atoms with Crippen LogP contribution in [-0.2, 0) is 27.5 Å². The Morgan fingerprint density at radius 3 is 1.55 bits per heavy atom. The molecule has 0 aromatic rings. The predicted octanol–water partition coefficient (Wildman–Crippen LogP) is 12.6. The molecule has 2 saturated heterocycles. The van der Waals surface area contributed by atoms with Crippen molar-refractivity contribution in [3.8, 4) is 0 Å². The first-order valence-electron chi connectivity index (χ1n) is 23.6. The number of allylic oxidation sites excluding steroid dienone is 2. The average Bonchev–Trinajstić information content (AvgIpc) is 3.22. The molecule has 0 aromatic carbocycles. The van der Waals surface area contributed by atoms with Crippen molar-refractivity contribution in [1.29, 1.82) is 0 Å². The zero-order valence-electron chi connectivity index (χ0n) is 40.1. The molecule has 1 spiro atoms. The maximum absolute atomic E-state index is 10.6. The lowest BCUT2D eigenvalue weighted by molar-refractivity contribution is -0.388. The van der Waals surface area contributed by atoms with Gasteiger partial charge in [-0.1, -0.05) is 116 Å². The van der Waals surface area contributed by atoms with Crippen molar-refractivity contribution >= 4 is 25.0 Å². The van der Waals surface area contributed by atoms with Crippen LogP contribution < -0.4 is 0 Å². The van der Waals surface area contributed by atoms with E-state index in [2.05, 4.69) is 124 Å². The first-order chi connectivity index (χ1) is 26.4. The lowest BCUT2D eigenvalue weighted by Gasteiger charge is -2.59. The van der Waals surface area contributed by atoms with E-state index in [1.807, 2.05) is 7.11 Å². The van der Waals surface area contributed by atoms with E-state index in [1.54, 1.807) is 0 Å². The number of aliphatic hydroxyl groups excluding tert-OH is 1.